The molecule has 0 fully saturated rings. The van der Waals surface area contributed by atoms with Crippen LogP contribution in [0.15, 0.2) is 0 Å². The van der Waals surface area contributed by atoms with E-state index >= 15 is 0 Å². The first-order valence-electron chi connectivity index (χ1n) is 0.707. The van der Waals surface area contributed by atoms with Crippen LogP contribution in [-0.2, 0) is 26.7 Å². The molecule has 0 aromatic heterocycles. The van der Waals surface area contributed by atoms with E-state index in [1.807, 2.05) is 0 Å². The summed E-state index contributed by atoms with van der Waals surface area (Å²) in [5.74, 6) is 4.16. The Hall–Kier alpha value is -0.0505. The van der Waals surface area contributed by atoms with Gasteiger partial charge in [0, 0.05) is 17.1 Å². The predicted molar refractivity (Wildman–Crippen MR) is 11.3 cm³/mol. The predicted octanol–water partition coefficient (Wildman–Crippen LogP) is -0.969. The number of carbonyl (C=O) groups is 1. The summed E-state index contributed by atoms with van der Waals surface area (Å²) >= 11 is 0. The van der Waals surface area contributed by atoms with Crippen LogP contribution in [0.4, 0.5) is 0 Å². The zero-order valence-electron chi connectivity index (χ0n) is 2.27. The van der Waals surface area contributed by atoms with Crippen molar-refractivity contribution in [1.29, 1.82) is 0 Å². The van der Waals surface area contributed by atoms with Crippen LogP contribution in [0, 0.1) is 0 Å². The van der Waals surface area contributed by atoms with Gasteiger partial charge in [-0.15, -0.1) is 0 Å². The topological polar surface area (TPSA) is 52.3 Å². The average Bonchev–Trinajstić information content (AvgIpc) is 1.37. The molecule has 0 saturated carbocycles. The molecule has 0 saturated heterocycles. The molecule has 0 atom stereocenters. The van der Waals surface area contributed by atoms with Crippen LogP contribution in [0.1, 0.15) is 0 Å². The Labute approximate surface area is 39.9 Å². The van der Waals surface area contributed by atoms with Crippen molar-refractivity contribution in [3.8, 4) is 0 Å². The summed E-state index contributed by atoms with van der Waals surface area (Å²) in [6.45, 7) is 0.153. The van der Waals surface area contributed by atoms with E-state index in [1.54, 1.807) is 0 Å². The molecule has 4 heteroatoms. The minimum atomic E-state index is 0. The summed E-state index contributed by atoms with van der Waals surface area (Å²) in [6.07, 6.45) is 0. The molecule has 2 N–H and O–H groups in total. The van der Waals surface area contributed by atoms with E-state index in [0.717, 1.165) is 0 Å². The zero-order chi connectivity index (χ0) is 3.41. The molecular weight excluding hydrogens is 122 g/mol. The maximum absolute atomic E-state index is 8.83. The summed E-state index contributed by atoms with van der Waals surface area (Å²) in [6, 6.07) is 0. The number of hydrogen-bond donors (Lipinski definition) is 1. The maximum Gasteiger partial charge on any atom is 0.312 e. The third kappa shape index (κ3) is 16.6. The second kappa shape index (κ2) is 9.04. The zero-order valence-corrected chi connectivity index (χ0v) is 3.21. The van der Waals surface area contributed by atoms with Gasteiger partial charge in [0.05, 0.1) is 0 Å². The molecule has 0 aromatic rings. The van der Waals surface area contributed by atoms with E-state index in [4.69, 9.17) is 4.79 Å². The standard InChI is InChI=1S/CH3NO2.Cu/c2-4-1-3;/h1H,2H2;. The van der Waals surface area contributed by atoms with Gasteiger partial charge in [0.2, 0.25) is 0 Å². The Morgan fingerprint density at radius 1 is 1.80 bits per heavy atom. The Morgan fingerprint density at radius 2 is 2.00 bits per heavy atom. The van der Waals surface area contributed by atoms with Crippen molar-refractivity contribution in [2.75, 3.05) is 0 Å². The molecular formula is CH3CuNO2. The summed E-state index contributed by atoms with van der Waals surface area (Å²) in [5, 5.41) is 0. The fraction of sp³-hybridized carbons (Fsp3) is 0. The monoisotopic (exact) mass is 124 g/mol. The van der Waals surface area contributed by atoms with Crippen LogP contribution in [0.25, 0.3) is 0 Å². The van der Waals surface area contributed by atoms with Crippen LogP contribution < -0.4 is 5.90 Å². The van der Waals surface area contributed by atoms with E-state index in [9.17, 15) is 0 Å². The molecule has 35 valence electrons. The summed E-state index contributed by atoms with van der Waals surface area (Å²) in [7, 11) is 0. The van der Waals surface area contributed by atoms with Gasteiger partial charge in [-0.25, -0.2) is 0 Å². The Bertz CT molecular complexity index is 23.6. The smallest absolute Gasteiger partial charge is 0.312 e. The number of rotatable bonds is 1. The van der Waals surface area contributed by atoms with Gasteiger partial charge in [-0.05, 0) is 0 Å². The second-order valence-electron chi connectivity index (χ2n) is 0.232. The van der Waals surface area contributed by atoms with Gasteiger partial charge in [0.25, 0.3) is 0 Å². The van der Waals surface area contributed by atoms with Crippen LogP contribution >= 0.6 is 0 Å². The first-order chi connectivity index (χ1) is 1.91. The van der Waals surface area contributed by atoms with Gasteiger partial charge in [-0.2, -0.15) is 5.90 Å². The summed E-state index contributed by atoms with van der Waals surface area (Å²) < 4.78 is 0. The van der Waals surface area contributed by atoms with Crippen molar-refractivity contribution in [3.63, 3.8) is 0 Å². The number of hydrogen-bond acceptors (Lipinski definition) is 3. The van der Waals surface area contributed by atoms with E-state index < -0.39 is 0 Å². The van der Waals surface area contributed by atoms with Crippen LogP contribution in [0.5, 0.6) is 0 Å². The molecule has 0 bridgehead atoms. The van der Waals surface area contributed by atoms with Gasteiger partial charge in [0.15, 0.2) is 0 Å². The molecule has 0 heterocycles. The molecule has 0 rings (SSSR count). The molecule has 0 aromatic carbocycles. The molecule has 0 aliphatic rings. The van der Waals surface area contributed by atoms with Crippen molar-refractivity contribution in [3.05, 3.63) is 0 Å². The third-order valence-electron chi connectivity index (χ3n) is 0.0556. The van der Waals surface area contributed by atoms with Crippen molar-refractivity contribution in [2.24, 2.45) is 5.90 Å². The molecule has 1 radical (unpaired) electrons. The fourth-order valence-electron chi connectivity index (χ4n) is 0. The second-order valence-corrected chi connectivity index (χ2v) is 0.232. The molecule has 0 aliphatic heterocycles. The first kappa shape index (κ1) is 8.87. The van der Waals surface area contributed by atoms with Gasteiger partial charge >= 0.3 is 6.47 Å². The van der Waals surface area contributed by atoms with E-state index in [0.29, 0.717) is 0 Å². The molecule has 3 nitrogen and oxygen atoms in total. The van der Waals surface area contributed by atoms with Crippen molar-refractivity contribution in [1.82, 2.24) is 0 Å². The minimum absolute atomic E-state index is 0. The van der Waals surface area contributed by atoms with E-state index in [2.05, 4.69) is 10.7 Å². The minimum Gasteiger partial charge on any atom is -0.376 e. The SMILES string of the molecule is NOC=O.[Cu]. The van der Waals surface area contributed by atoms with Crippen LogP contribution in [-0.4, -0.2) is 6.47 Å². The average molecular weight is 125 g/mol. The molecule has 0 spiro atoms. The third-order valence-corrected chi connectivity index (χ3v) is 0.0556. The van der Waals surface area contributed by atoms with Crippen molar-refractivity contribution in [2.45, 2.75) is 0 Å². The van der Waals surface area contributed by atoms with Gasteiger partial charge in [-0.1, -0.05) is 0 Å². The summed E-state index contributed by atoms with van der Waals surface area (Å²) in [5.41, 5.74) is 0. The van der Waals surface area contributed by atoms with Gasteiger partial charge in [-0.3, -0.25) is 4.79 Å². The van der Waals surface area contributed by atoms with E-state index in [1.165, 1.54) is 0 Å². The van der Waals surface area contributed by atoms with Gasteiger partial charge in [0.1, 0.15) is 0 Å². The normalized spacial score (nSPS) is 4.20. The van der Waals surface area contributed by atoms with Crippen LogP contribution in [0.2, 0.25) is 0 Å². The molecule has 5 heavy (non-hydrogen) atoms. The van der Waals surface area contributed by atoms with Gasteiger partial charge < -0.3 is 4.84 Å². The molecule has 0 unspecified atom stereocenters. The first-order valence-corrected chi connectivity index (χ1v) is 0.707. The number of carbonyl (C=O) groups excluding carboxylic acids is 1. The maximum atomic E-state index is 8.83. The Balaban J connectivity index is 0. The Kier molecular flexibility index (Phi) is 16.0. The quantitative estimate of drug-likeness (QED) is 0.278. The molecule has 0 amide bonds. The Morgan fingerprint density at radius 3 is 2.00 bits per heavy atom. The largest absolute Gasteiger partial charge is 0.376 e. The fourth-order valence-corrected chi connectivity index (χ4v) is 0. The van der Waals surface area contributed by atoms with E-state index in [-0.39, 0.29) is 23.5 Å². The molecule has 0 aliphatic carbocycles. The number of nitrogens with two attached hydrogens (primary N) is 1. The summed E-state index contributed by atoms with van der Waals surface area (Å²) in [4.78, 5) is 12.2. The van der Waals surface area contributed by atoms with Crippen molar-refractivity contribution < 1.29 is 26.7 Å². The van der Waals surface area contributed by atoms with Crippen LogP contribution in [0.3, 0.4) is 0 Å². The van der Waals surface area contributed by atoms with Crippen molar-refractivity contribution >= 4 is 6.47 Å².